The topological polar surface area (TPSA) is 69.6 Å². The maximum absolute atomic E-state index is 12.1. The Morgan fingerprint density at radius 2 is 2.11 bits per heavy atom. The van der Waals surface area contributed by atoms with E-state index in [2.05, 4.69) is 5.32 Å². The number of carboxylic acids is 1. The molecule has 1 amide bonds. The number of nitrogens with zero attached hydrogens (tertiary/aromatic N) is 1. The Morgan fingerprint density at radius 3 is 2.67 bits per heavy atom. The van der Waals surface area contributed by atoms with Gasteiger partial charge in [0, 0.05) is 7.05 Å². The van der Waals surface area contributed by atoms with E-state index in [9.17, 15) is 9.59 Å². The molecular formula is C13H16N2O3. The SMILES string of the molecule is CC(C)C1Nc2ccc(C(=O)O)cc2N(C)C1=O. The van der Waals surface area contributed by atoms with Gasteiger partial charge in [-0.3, -0.25) is 4.79 Å². The van der Waals surface area contributed by atoms with Gasteiger partial charge in [0.1, 0.15) is 6.04 Å². The van der Waals surface area contributed by atoms with Crippen LogP contribution in [-0.4, -0.2) is 30.1 Å². The molecule has 0 fully saturated rings. The van der Waals surface area contributed by atoms with Gasteiger partial charge in [-0.25, -0.2) is 4.79 Å². The number of carbonyl (C=O) groups excluding carboxylic acids is 1. The maximum atomic E-state index is 12.1. The highest BCUT2D eigenvalue weighted by molar-refractivity contribution is 6.06. The molecule has 1 heterocycles. The molecule has 0 bridgehead atoms. The van der Waals surface area contributed by atoms with Crippen LogP contribution in [0.3, 0.4) is 0 Å². The quantitative estimate of drug-likeness (QED) is 0.837. The van der Waals surface area contributed by atoms with E-state index in [4.69, 9.17) is 5.11 Å². The number of hydrogen-bond donors (Lipinski definition) is 2. The lowest BCUT2D eigenvalue weighted by atomic mass is 9.98. The molecule has 5 heteroatoms. The summed E-state index contributed by atoms with van der Waals surface area (Å²) in [6.07, 6.45) is 0. The average molecular weight is 248 g/mol. The van der Waals surface area contributed by atoms with Crippen LogP contribution in [0.25, 0.3) is 0 Å². The summed E-state index contributed by atoms with van der Waals surface area (Å²) in [6.45, 7) is 3.94. The van der Waals surface area contributed by atoms with Crippen LogP contribution >= 0.6 is 0 Å². The molecule has 1 aromatic carbocycles. The molecule has 1 aliphatic heterocycles. The fourth-order valence-corrected chi connectivity index (χ4v) is 2.07. The summed E-state index contributed by atoms with van der Waals surface area (Å²) in [7, 11) is 1.67. The summed E-state index contributed by atoms with van der Waals surface area (Å²) in [5, 5.41) is 12.1. The van der Waals surface area contributed by atoms with E-state index in [0.717, 1.165) is 5.69 Å². The first-order valence-corrected chi connectivity index (χ1v) is 5.83. The predicted molar refractivity (Wildman–Crippen MR) is 69.1 cm³/mol. The van der Waals surface area contributed by atoms with Crippen molar-refractivity contribution in [3.8, 4) is 0 Å². The van der Waals surface area contributed by atoms with E-state index in [0.29, 0.717) is 5.69 Å². The van der Waals surface area contributed by atoms with Gasteiger partial charge < -0.3 is 15.3 Å². The molecule has 0 radical (unpaired) electrons. The monoisotopic (exact) mass is 248 g/mol. The van der Waals surface area contributed by atoms with Crippen LogP contribution in [0.2, 0.25) is 0 Å². The summed E-state index contributed by atoms with van der Waals surface area (Å²) < 4.78 is 0. The van der Waals surface area contributed by atoms with Gasteiger partial charge >= 0.3 is 5.97 Å². The van der Waals surface area contributed by atoms with Crippen molar-refractivity contribution < 1.29 is 14.7 Å². The summed E-state index contributed by atoms with van der Waals surface area (Å²) >= 11 is 0. The molecule has 96 valence electrons. The Kier molecular flexibility index (Phi) is 2.98. The molecule has 1 atom stereocenters. The second-order valence-electron chi connectivity index (χ2n) is 4.80. The minimum absolute atomic E-state index is 0.0416. The largest absolute Gasteiger partial charge is 0.478 e. The van der Waals surface area contributed by atoms with Crippen LogP contribution in [0.1, 0.15) is 24.2 Å². The summed E-state index contributed by atoms with van der Waals surface area (Å²) in [6, 6.07) is 4.49. The maximum Gasteiger partial charge on any atom is 0.335 e. The minimum Gasteiger partial charge on any atom is -0.478 e. The number of benzene rings is 1. The first-order valence-electron chi connectivity index (χ1n) is 5.83. The summed E-state index contributed by atoms with van der Waals surface area (Å²) in [4.78, 5) is 24.6. The second-order valence-corrected chi connectivity index (χ2v) is 4.80. The third-order valence-electron chi connectivity index (χ3n) is 3.18. The van der Waals surface area contributed by atoms with Crippen molar-refractivity contribution >= 4 is 23.3 Å². The number of carboxylic acid groups (broad SMARTS) is 1. The molecule has 2 N–H and O–H groups in total. The number of rotatable bonds is 2. The highest BCUT2D eigenvalue weighted by Gasteiger charge is 2.32. The van der Waals surface area contributed by atoms with Gasteiger partial charge in [-0.05, 0) is 24.1 Å². The van der Waals surface area contributed by atoms with Crippen molar-refractivity contribution in [2.45, 2.75) is 19.9 Å². The van der Waals surface area contributed by atoms with E-state index >= 15 is 0 Å². The zero-order valence-electron chi connectivity index (χ0n) is 10.6. The molecule has 5 nitrogen and oxygen atoms in total. The van der Waals surface area contributed by atoms with Crippen LogP contribution in [0.5, 0.6) is 0 Å². The van der Waals surface area contributed by atoms with Crippen molar-refractivity contribution in [2.75, 3.05) is 17.3 Å². The molecular weight excluding hydrogens is 232 g/mol. The third kappa shape index (κ3) is 1.92. The van der Waals surface area contributed by atoms with E-state index in [1.54, 1.807) is 13.1 Å². The second kappa shape index (κ2) is 4.33. The van der Waals surface area contributed by atoms with E-state index in [1.165, 1.54) is 17.0 Å². The number of hydrogen-bond acceptors (Lipinski definition) is 3. The van der Waals surface area contributed by atoms with Crippen molar-refractivity contribution in [1.82, 2.24) is 0 Å². The van der Waals surface area contributed by atoms with Crippen LogP contribution in [0, 0.1) is 5.92 Å². The Morgan fingerprint density at radius 1 is 1.44 bits per heavy atom. The average Bonchev–Trinajstić information content (AvgIpc) is 2.32. The number of nitrogens with one attached hydrogen (secondary N) is 1. The number of aromatic carboxylic acids is 1. The molecule has 0 saturated heterocycles. The van der Waals surface area contributed by atoms with Crippen LogP contribution in [0.4, 0.5) is 11.4 Å². The van der Waals surface area contributed by atoms with Crippen LogP contribution in [0.15, 0.2) is 18.2 Å². The molecule has 0 aromatic heterocycles. The lowest BCUT2D eigenvalue weighted by Crippen LogP contribution is -2.47. The first-order chi connectivity index (χ1) is 8.41. The zero-order valence-corrected chi connectivity index (χ0v) is 10.6. The smallest absolute Gasteiger partial charge is 0.335 e. The lowest BCUT2D eigenvalue weighted by molar-refractivity contribution is -0.120. The molecule has 0 aliphatic carbocycles. The number of likely N-dealkylation sites (N-methyl/N-ethyl adjacent to an activating group) is 1. The standard InChI is InChI=1S/C13H16N2O3/c1-7(2)11-12(16)15(3)10-6-8(13(17)18)4-5-9(10)14-11/h4-7,11,14H,1-3H3,(H,17,18). The summed E-state index contributed by atoms with van der Waals surface area (Å²) in [5.74, 6) is -0.864. The lowest BCUT2D eigenvalue weighted by Gasteiger charge is -2.35. The number of anilines is 2. The zero-order chi connectivity index (χ0) is 13.4. The number of amides is 1. The van der Waals surface area contributed by atoms with Crippen LogP contribution in [-0.2, 0) is 4.79 Å². The third-order valence-corrected chi connectivity index (χ3v) is 3.18. The van der Waals surface area contributed by atoms with E-state index in [-0.39, 0.29) is 23.4 Å². The normalized spacial score (nSPS) is 18.6. The highest BCUT2D eigenvalue weighted by Crippen LogP contribution is 2.33. The Labute approximate surface area is 105 Å². The van der Waals surface area contributed by atoms with Gasteiger partial charge in [0.2, 0.25) is 5.91 Å². The van der Waals surface area contributed by atoms with Gasteiger partial charge in [0.05, 0.1) is 16.9 Å². The highest BCUT2D eigenvalue weighted by atomic mass is 16.4. The van der Waals surface area contributed by atoms with Crippen molar-refractivity contribution in [1.29, 1.82) is 0 Å². The van der Waals surface area contributed by atoms with Gasteiger partial charge in [0.25, 0.3) is 0 Å². The van der Waals surface area contributed by atoms with Crippen molar-refractivity contribution in [2.24, 2.45) is 5.92 Å². The molecule has 18 heavy (non-hydrogen) atoms. The molecule has 1 aromatic rings. The minimum atomic E-state index is -0.996. The van der Waals surface area contributed by atoms with E-state index < -0.39 is 5.97 Å². The number of fused-ring (bicyclic) bond motifs is 1. The molecule has 1 aliphatic rings. The fraction of sp³-hybridized carbons (Fsp3) is 0.385. The van der Waals surface area contributed by atoms with Crippen molar-refractivity contribution in [3.63, 3.8) is 0 Å². The van der Waals surface area contributed by atoms with Crippen molar-refractivity contribution in [3.05, 3.63) is 23.8 Å². The fourth-order valence-electron chi connectivity index (χ4n) is 2.07. The Balaban J connectivity index is 2.45. The van der Waals surface area contributed by atoms with Crippen LogP contribution < -0.4 is 10.2 Å². The van der Waals surface area contributed by atoms with Gasteiger partial charge in [0.15, 0.2) is 0 Å². The predicted octanol–water partition coefficient (Wildman–Crippen LogP) is 1.80. The summed E-state index contributed by atoms with van der Waals surface area (Å²) in [5.41, 5.74) is 1.58. The van der Waals surface area contributed by atoms with Gasteiger partial charge in [-0.1, -0.05) is 13.8 Å². The molecule has 0 saturated carbocycles. The Bertz CT molecular complexity index is 511. The molecule has 0 spiro atoms. The molecule has 1 unspecified atom stereocenters. The van der Waals surface area contributed by atoms with Gasteiger partial charge in [-0.2, -0.15) is 0 Å². The first kappa shape index (κ1) is 12.4. The van der Waals surface area contributed by atoms with E-state index in [1.807, 2.05) is 13.8 Å². The Hall–Kier alpha value is -2.04. The molecule has 2 rings (SSSR count). The van der Waals surface area contributed by atoms with Gasteiger partial charge in [-0.15, -0.1) is 0 Å². The number of carbonyl (C=O) groups is 2.